The van der Waals surface area contributed by atoms with Crippen molar-refractivity contribution in [1.29, 1.82) is 0 Å². The molecule has 0 saturated heterocycles. The highest BCUT2D eigenvalue weighted by molar-refractivity contribution is 5.85. The van der Waals surface area contributed by atoms with Crippen LogP contribution in [-0.2, 0) is 13.1 Å². The molecule has 3 nitrogen and oxygen atoms in total. The summed E-state index contributed by atoms with van der Waals surface area (Å²) in [5.41, 5.74) is 10.5. The van der Waals surface area contributed by atoms with Crippen LogP contribution < -0.4 is 5.73 Å². The summed E-state index contributed by atoms with van der Waals surface area (Å²) in [5.74, 6) is 0.932. The summed E-state index contributed by atoms with van der Waals surface area (Å²) in [6, 6.07) is 16.7. The number of benzene rings is 2. The van der Waals surface area contributed by atoms with Gasteiger partial charge in [-0.1, -0.05) is 42.0 Å². The van der Waals surface area contributed by atoms with E-state index >= 15 is 0 Å². The van der Waals surface area contributed by atoms with Crippen molar-refractivity contribution < 1.29 is 0 Å². The van der Waals surface area contributed by atoms with Crippen LogP contribution >= 0.6 is 24.8 Å². The molecule has 3 aromatic rings. The van der Waals surface area contributed by atoms with Gasteiger partial charge in [0.05, 0.1) is 17.6 Å². The van der Waals surface area contributed by atoms with Gasteiger partial charge in [-0.3, -0.25) is 0 Å². The average Bonchev–Trinajstić information content (AvgIpc) is 2.79. The minimum Gasteiger partial charge on any atom is -0.324 e. The Morgan fingerprint density at radius 3 is 2.33 bits per heavy atom. The van der Waals surface area contributed by atoms with Gasteiger partial charge < -0.3 is 10.3 Å². The van der Waals surface area contributed by atoms with Crippen LogP contribution in [0.1, 0.15) is 17.0 Å². The Labute approximate surface area is 137 Å². The molecule has 3 rings (SSSR count). The topological polar surface area (TPSA) is 43.8 Å². The largest absolute Gasteiger partial charge is 0.324 e. The van der Waals surface area contributed by atoms with E-state index in [-0.39, 0.29) is 24.8 Å². The molecule has 0 bridgehead atoms. The van der Waals surface area contributed by atoms with Gasteiger partial charge in [0.25, 0.3) is 0 Å². The lowest BCUT2D eigenvalue weighted by atomic mass is 10.1. The molecule has 1 heterocycles. The Kier molecular flexibility index (Phi) is 6.21. The maximum absolute atomic E-state index is 5.81. The second-order valence-corrected chi connectivity index (χ2v) is 4.79. The minimum atomic E-state index is 0. The van der Waals surface area contributed by atoms with Gasteiger partial charge in [0.15, 0.2) is 0 Å². The molecule has 0 aliphatic heterocycles. The average molecular weight is 324 g/mol. The van der Waals surface area contributed by atoms with Gasteiger partial charge in [0.1, 0.15) is 5.82 Å². The van der Waals surface area contributed by atoms with E-state index in [1.54, 1.807) is 0 Å². The zero-order valence-electron chi connectivity index (χ0n) is 11.8. The molecule has 1 aromatic heterocycles. The first-order chi connectivity index (χ1) is 9.28. The molecule has 0 amide bonds. The quantitative estimate of drug-likeness (QED) is 0.798. The Morgan fingerprint density at radius 1 is 1.00 bits per heavy atom. The zero-order valence-corrected chi connectivity index (χ0v) is 13.5. The third-order valence-corrected chi connectivity index (χ3v) is 3.38. The Hall–Kier alpha value is -1.55. The molecule has 0 spiro atoms. The highest BCUT2D eigenvalue weighted by Gasteiger charge is 2.09. The number of fused-ring (bicyclic) bond motifs is 1. The van der Waals surface area contributed by atoms with Gasteiger partial charge in [-0.05, 0) is 24.6 Å². The van der Waals surface area contributed by atoms with Gasteiger partial charge >= 0.3 is 0 Å². The zero-order chi connectivity index (χ0) is 13.2. The molecule has 0 saturated carbocycles. The number of nitrogens with zero attached hydrogens (tertiary/aromatic N) is 2. The summed E-state index contributed by atoms with van der Waals surface area (Å²) >= 11 is 0. The molecule has 0 unspecified atom stereocenters. The molecule has 2 aromatic carbocycles. The maximum atomic E-state index is 5.81. The Morgan fingerprint density at radius 2 is 1.67 bits per heavy atom. The third-order valence-electron chi connectivity index (χ3n) is 3.38. The fraction of sp³-hybridized carbons (Fsp3) is 0.188. The van der Waals surface area contributed by atoms with Crippen molar-refractivity contribution >= 4 is 35.8 Å². The summed E-state index contributed by atoms with van der Waals surface area (Å²) in [4.78, 5) is 4.58. The standard InChI is InChI=1S/C16H17N3.2ClH/c1-12-6-8-13(9-7-12)11-19-15-5-3-2-4-14(15)18-16(19)10-17;;/h2-9H,10-11,17H2,1H3;2*1H. The van der Waals surface area contributed by atoms with Crippen LogP contribution in [0.3, 0.4) is 0 Å². The van der Waals surface area contributed by atoms with Gasteiger partial charge in [0.2, 0.25) is 0 Å². The number of aryl methyl sites for hydroxylation is 1. The molecular weight excluding hydrogens is 305 g/mol. The predicted molar refractivity (Wildman–Crippen MR) is 92.4 cm³/mol. The van der Waals surface area contributed by atoms with Crippen molar-refractivity contribution in [2.24, 2.45) is 5.73 Å². The van der Waals surface area contributed by atoms with Crippen LogP contribution in [0.25, 0.3) is 11.0 Å². The van der Waals surface area contributed by atoms with Crippen LogP contribution in [0.15, 0.2) is 48.5 Å². The second kappa shape index (κ2) is 7.46. The number of rotatable bonds is 3. The van der Waals surface area contributed by atoms with E-state index in [4.69, 9.17) is 5.73 Å². The number of hydrogen-bond donors (Lipinski definition) is 1. The van der Waals surface area contributed by atoms with Crippen LogP contribution in [0, 0.1) is 6.92 Å². The maximum Gasteiger partial charge on any atom is 0.123 e. The molecule has 0 fully saturated rings. The van der Waals surface area contributed by atoms with Crippen LogP contribution in [-0.4, -0.2) is 9.55 Å². The first-order valence-electron chi connectivity index (χ1n) is 6.47. The van der Waals surface area contributed by atoms with Crippen molar-refractivity contribution in [2.75, 3.05) is 0 Å². The molecule has 2 N–H and O–H groups in total. The first kappa shape index (κ1) is 17.5. The first-order valence-corrected chi connectivity index (χ1v) is 6.47. The lowest BCUT2D eigenvalue weighted by Gasteiger charge is -2.08. The second-order valence-electron chi connectivity index (χ2n) is 4.79. The molecule has 0 aliphatic carbocycles. The lowest BCUT2D eigenvalue weighted by Crippen LogP contribution is -2.09. The van der Waals surface area contributed by atoms with Crippen molar-refractivity contribution in [3.05, 3.63) is 65.5 Å². The molecule has 21 heavy (non-hydrogen) atoms. The minimum absolute atomic E-state index is 0. The van der Waals surface area contributed by atoms with Gasteiger partial charge in [-0.25, -0.2) is 4.98 Å². The van der Waals surface area contributed by atoms with E-state index in [2.05, 4.69) is 46.8 Å². The Balaban J connectivity index is 0.00000110. The lowest BCUT2D eigenvalue weighted by molar-refractivity contribution is 0.744. The molecule has 0 aliphatic rings. The SMILES string of the molecule is Cc1ccc(Cn2c(CN)nc3ccccc32)cc1.Cl.Cl. The van der Waals surface area contributed by atoms with Gasteiger partial charge in [0, 0.05) is 6.54 Å². The normalized spacial score (nSPS) is 10.0. The molecule has 5 heteroatoms. The highest BCUT2D eigenvalue weighted by atomic mass is 35.5. The van der Waals surface area contributed by atoms with Crippen LogP contribution in [0.5, 0.6) is 0 Å². The Bertz CT molecular complexity index is 705. The summed E-state index contributed by atoms with van der Waals surface area (Å²) < 4.78 is 2.19. The summed E-state index contributed by atoms with van der Waals surface area (Å²) in [6.45, 7) is 3.37. The van der Waals surface area contributed by atoms with Crippen molar-refractivity contribution in [2.45, 2.75) is 20.0 Å². The smallest absolute Gasteiger partial charge is 0.123 e. The van der Waals surface area contributed by atoms with Crippen LogP contribution in [0.2, 0.25) is 0 Å². The van der Waals surface area contributed by atoms with Crippen LogP contribution in [0.4, 0.5) is 0 Å². The molecule has 112 valence electrons. The van der Waals surface area contributed by atoms with Gasteiger partial charge in [-0.15, -0.1) is 24.8 Å². The number of nitrogens with two attached hydrogens (primary N) is 1. The molecular formula is C16H19Cl2N3. The highest BCUT2D eigenvalue weighted by Crippen LogP contribution is 2.17. The van der Waals surface area contributed by atoms with E-state index in [0.717, 1.165) is 23.4 Å². The number of halogens is 2. The fourth-order valence-corrected chi connectivity index (χ4v) is 2.33. The molecule has 0 radical (unpaired) electrons. The van der Waals surface area contributed by atoms with E-state index in [0.29, 0.717) is 6.54 Å². The van der Waals surface area contributed by atoms with E-state index < -0.39 is 0 Å². The fourth-order valence-electron chi connectivity index (χ4n) is 2.33. The van der Waals surface area contributed by atoms with E-state index in [1.807, 2.05) is 18.2 Å². The van der Waals surface area contributed by atoms with Crippen molar-refractivity contribution in [1.82, 2.24) is 9.55 Å². The van der Waals surface area contributed by atoms with Crippen molar-refractivity contribution in [3.63, 3.8) is 0 Å². The number of imidazole rings is 1. The number of hydrogen-bond acceptors (Lipinski definition) is 2. The monoisotopic (exact) mass is 323 g/mol. The summed E-state index contributed by atoms with van der Waals surface area (Å²) in [5, 5.41) is 0. The van der Waals surface area contributed by atoms with E-state index in [9.17, 15) is 0 Å². The summed E-state index contributed by atoms with van der Waals surface area (Å²) in [7, 11) is 0. The van der Waals surface area contributed by atoms with Crippen molar-refractivity contribution in [3.8, 4) is 0 Å². The van der Waals surface area contributed by atoms with Gasteiger partial charge in [-0.2, -0.15) is 0 Å². The van der Waals surface area contributed by atoms with E-state index in [1.165, 1.54) is 11.1 Å². The summed E-state index contributed by atoms with van der Waals surface area (Å²) in [6.07, 6.45) is 0. The molecule has 0 atom stereocenters. The number of aromatic nitrogens is 2. The number of para-hydroxylation sites is 2. The third kappa shape index (κ3) is 3.56. The predicted octanol–water partition coefficient (Wildman–Crippen LogP) is 3.70.